The second-order valence-corrected chi connectivity index (χ2v) is 8.43. The van der Waals surface area contributed by atoms with Gasteiger partial charge in [-0.05, 0) is 43.4 Å². The van der Waals surface area contributed by atoms with E-state index in [4.69, 9.17) is 14.2 Å². The van der Waals surface area contributed by atoms with Gasteiger partial charge in [-0.1, -0.05) is 18.6 Å². The van der Waals surface area contributed by atoms with E-state index < -0.39 is 0 Å². The first-order valence-corrected chi connectivity index (χ1v) is 11.2. The van der Waals surface area contributed by atoms with E-state index in [9.17, 15) is 4.79 Å². The van der Waals surface area contributed by atoms with E-state index in [1.807, 2.05) is 17.0 Å². The number of carbonyl (C=O) groups excluding carboxylic acids is 1. The highest BCUT2D eigenvalue weighted by Crippen LogP contribution is 2.29. The van der Waals surface area contributed by atoms with Gasteiger partial charge in [0.05, 0.1) is 19.3 Å². The van der Waals surface area contributed by atoms with E-state index in [0.29, 0.717) is 25.6 Å². The lowest BCUT2D eigenvalue weighted by Crippen LogP contribution is -2.42. The lowest BCUT2D eigenvalue weighted by molar-refractivity contribution is -0.140. The molecule has 0 aromatic heterocycles. The number of morpholine rings is 1. The molecule has 3 aliphatic rings. The zero-order valence-electron chi connectivity index (χ0n) is 17.4. The standard InChI is InChI=1S/C23H34N2O4/c26-23(20-3-1-4-20)25(18-22-5-2-13-28-22)17-19-6-8-21(9-7-19)29-16-12-24-10-14-27-15-11-24/h6-9,20,22H,1-5,10-18H2. The average Bonchev–Trinajstić information content (AvgIpc) is 3.21. The van der Waals surface area contributed by atoms with Crippen molar-refractivity contribution in [1.29, 1.82) is 0 Å². The lowest BCUT2D eigenvalue weighted by Gasteiger charge is -2.33. The molecule has 0 spiro atoms. The fourth-order valence-electron chi connectivity index (χ4n) is 4.21. The molecule has 6 nitrogen and oxygen atoms in total. The zero-order valence-corrected chi connectivity index (χ0v) is 17.4. The maximum absolute atomic E-state index is 12.9. The summed E-state index contributed by atoms with van der Waals surface area (Å²) in [5.74, 6) is 1.41. The van der Waals surface area contributed by atoms with Crippen LogP contribution in [0, 0.1) is 5.92 Å². The Balaban J connectivity index is 1.28. The highest BCUT2D eigenvalue weighted by atomic mass is 16.5. The van der Waals surface area contributed by atoms with Crippen LogP contribution in [-0.2, 0) is 20.8 Å². The lowest BCUT2D eigenvalue weighted by atomic mass is 9.84. The number of benzene rings is 1. The van der Waals surface area contributed by atoms with Gasteiger partial charge < -0.3 is 19.1 Å². The predicted molar refractivity (Wildman–Crippen MR) is 111 cm³/mol. The molecular formula is C23H34N2O4. The minimum absolute atomic E-state index is 0.196. The van der Waals surface area contributed by atoms with E-state index in [1.54, 1.807) is 0 Å². The number of rotatable bonds is 9. The molecule has 2 heterocycles. The Bertz CT molecular complexity index is 635. The van der Waals surface area contributed by atoms with Crippen molar-refractivity contribution in [2.45, 2.75) is 44.8 Å². The molecule has 0 radical (unpaired) electrons. The molecule has 1 unspecified atom stereocenters. The summed E-state index contributed by atoms with van der Waals surface area (Å²) in [7, 11) is 0. The molecule has 0 bridgehead atoms. The van der Waals surface area contributed by atoms with Gasteiger partial charge in [-0.2, -0.15) is 0 Å². The molecule has 1 aromatic carbocycles. The summed E-state index contributed by atoms with van der Waals surface area (Å²) in [6.45, 7) is 7.41. The molecule has 2 aliphatic heterocycles. The third-order valence-corrected chi connectivity index (χ3v) is 6.29. The SMILES string of the molecule is O=C(C1CCC1)N(Cc1ccc(OCCN2CCOCC2)cc1)CC1CCCO1. The van der Waals surface area contributed by atoms with Gasteiger partial charge in [-0.25, -0.2) is 0 Å². The van der Waals surface area contributed by atoms with E-state index in [0.717, 1.165) is 76.5 Å². The molecule has 1 aliphatic carbocycles. The second kappa shape index (κ2) is 10.4. The topological polar surface area (TPSA) is 51.2 Å². The van der Waals surface area contributed by atoms with Gasteiger partial charge >= 0.3 is 0 Å². The Hall–Kier alpha value is -1.63. The van der Waals surface area contributed by atoms with Gasteiger partial charge in [0.1, 0.15) is 12.4 Å². The molecule has 2 saturated heterocycles. The summed E-state index contributed by atoms with van der Waals surface area (Å²) in [5, 5.41) is 0. The average molecular weight is 403 g/mol. The second-order valence-electron chi connectivity index (χ2n) is 8.43. The summed E-state index contributed by atoms with van der Waals surface area (Å²) >= 11 is 0. The van der Waals surface area contributed by atoms with E-state index in [-0.39, 0.29) is 12.0 Å². The third kappa shape index (κ3) is 5.93. The van der Waals surface area contributed by atoms with Crippen LogP contribution in [0.15, 0.2) is 24.3 Å². The van der Waals surface area contributed by atoms with E-state index in [2.05, 4.69) is 17.0 Å². The van der Waals surface area contributed by atoms with Crippen LogP contribution in [0.5, 0.6) is 5.75 Å². The Morgan fingerprint density at radius 1 is 1.07 bits per heavy atom. The molecule has 160 valence electrons. The van der Waals surface area contributed by atoms with Gasteiger partial charge in [0.2, 0.25) is 5.91 Å². The van der Waals surface area contributed by atoms with Crippen LogP contribution in [0.3, 0.4) is 0 Å². The quantitative estimate of drug-likeness (QED) is 0.636. The molecule has 1 saturated carbocycles. The number of amides is 1. The van der Waals surface area contributed by atoms with Crippen molar-refractivity contribution in [3.8, 4) is 5.75 Å². The summed E-state index contributed by atoms with van der Waals surface area (Å²) in [6.07, 6.45) is 5.62. The Morgan fingerprint density at radius 3 is 2.52 bits per heavy atom. The largest absolute Gasteiger partial charge is 0.492 e. The highest BCUT2D eigenvalue weighted by molar-refractivity contribution is 5.79. The van der Waals surface area contributed by atoms with Gasteiger partial charge in [0.25, 0.3) is 0 Å². The summed E-state index contributed by atoms with van der Waals surface area (Å²) in [6, 6.07) is 8.21. The van der Waals surface area contributed by atoms with Crippen molar-refractivity contribution < 1.29 is 19.0 Å². The van der Waals surface area contributed by atoms with Crippen molar-refractivity contribution in [3.63, 3.8) is 0 Å². The van der Waals surface area contributed by atoms with E-state index >= 15 is 0 Å². The van der Waals surface area contributed by atoms with E-state index in [1.165, 1.54) is 6.42 Å². The van der Waals surface area contributed by atoms with Crippen LogP contribution < -0.4 is 4.74 Å². The van der Waals surface area contributed by atoms with Crippen LogP contribution >= 0.6 is 0 Å². The van der Waals surface area contributed by atoms with Crippen LogP contribution in [0.25, 0.3) is 0 Å². The molecule has 3 fully saturated rings. The highest BCUT2D eigenvalue weighted by Gasteiger charge is 2.31. The van der Waals surface area contributed by atoms with Crippen LogP contribution in [-0.4, -0.2) is 74.4 Å². The number of ether oxygens (including phenoxy) is 3. The minimum Gasteiger partial charge on any atom is -0.492 e. The monoisotopic (exact) mass is 402 g/mol. The summed E-state index contributed by atoms with van der Waals surface area (Å²) in [5.41, 5.74) is 1.15. The van der Waals surface area contributed by atoms with Crippen molar-refractivity contribution in [3.05, 3.63) is 29.8 Å². The van der Waals surface area contributed by atoms with Crippen molar-refractivity contribution in [2.24, 2.45) is 5.92 Å². The van der Waals surface area contributed by atoms with Gasteiger partial charge in [-0.3, -0.25) is 9.69 Å². The van der Waals surface area contributed by atoms with Crippen LogP contribution in [0.4, 0.5) is 0 Å². The van der Waals surface area contributed by atoms with Gasteiger partial charge in [0, 0.05) is 45.2 Å². The first-order valence-electron chi connectivity index (χ1n) is 11.2. The molecule has 4 rings (SSSR count). The number of hydrogen-bond donors (Lipinski definition) is 0. The smallest absolute Gasteiger partial charge is 0.226 e. The molecule has 1 atom stereocenters. The predicted octanol–water partition coefficient (Wildman–Crippen LogP) is 2.71. The molecule has 1 aromatic rings. The Morgan fingerprint density at radius 2 is 1.86 bits per heavy atom. The van der Waals surface area contributed by atoms with Crippen LogP contribution in [0.1, 0.15) is 37.7 Å². The van der Waals surface area contributed by atoms with Gasteiger partial charge in [-0.15, -0.1) is 0 Å². The van der Waals surface area contributed by atoms with Crippen molar-refractivity contribution in [2.75, 3.05) is 52.6 Å². The minimum atomic E-state index is 0.196. The maximum atomic E-state index is 12.9. The fourth-order valence-corrected chi connectivity index (χ4v) is 4.21. The first-order chi connectivity index (χ1) is 14.3. The Kier molecular flexibility index (Phi) is 7.41. The first kappa shape index (κ1) is 20.6. The normalized spacial score (nSPS) is 23.0. The molecule has 6 heteroatoms. The molecule has 0 N–H and O–H groups in total. The van der Waals surface area contributed by atoms with Crippen molar-refractivity contribution in [1.82, 2.24) is 9.80 Å². The molecule has 1 amide bonds. The van der Waals surface area contributed by atoms with Crippen molar-refractivity contribution >= 4 is 5.91 Å². The summed E-state index contributed by atoms with van der Waals surface area (Å²) < 4.78 is 17.1. The van der Waals surface area contributed by atoms with Crippen LogP contribution in [0.2, 0.25) is 0 Å². The number of nitrogens with zero attached hydrogens (tertiary/aromatic N) is 2. The third-order valence-electron chi connectivity index (χ3n) is 6.29. The van der Waals surface area contributed by atoms with Gasteiger partial charge in [0.15, 0.2) is 0 Å². The number of carbonyl (C=O) groups is 1. The molecule has 29 heavy (non-hydrogen) atoms. The Labute approximate surface area is 174 Å². The number of hydrogen-bond acceptors (Lipinski definition) is 5. The maximum Gasteiger partial charge on any atom is 0.226 e. The molecular weight excluding hydrogens is 368 g/mol. The summed E-state index contributed by atoms with van der Waals surface area (Å²) in [4.78, 5) is 17.3. The zero-order chi connectivity index (χ0) is 19.9. The fraction of sp³-hybridized carbons (Fsp3) is 0.696.